The third-order valence-electron chi connectivity index (χ3n) is 2.94. The first-order chi connectivity index (χ1) is 8.38. The molecule has 1 aromatic carbocycles. The Morgan fingerprint density at radius 1 is 1.28 bits per heavy atom. The van der Waals surface area contributed by atoms with Crippen molar-refractivity contribution < 1.29 is 13.2 Å². The van der Waals surface area contributed by atoms with E-state index in [4.69, 9.17) is 0 Å². The van der Waals surface area contributed by atoms with E-state index in [9.17, 15) is 13.2 Å². The molecule has 0 saturated heterocycles. The summed E-state index contributed by atoms with van der Waals surface area (Å²) in [6.07, 6.45) is 3.07. The summed E-state index contributed by atoms with van der Waals surface area (Å²) in [7, 11) is -1.76. The standard InChI is InChI=1S/C12H16N2O3S/c1-14(18(2,16)17)11-7-5-10(6-8-11)13-12(15)9-3-4-9/h5-9H,3-4H2,1-2H3,(H,13,15). The molecule has 0 aliphatic heterocycles. The zero-order chi connectivity index (χ0) is 13.3. The summed E-state index contributed by atoms with van der Waals surface area (Å²) in [6.45, 7) is 0. The van der Waals surface area contributed by atoms with Gasteiger partial charge in [-0.05, 0) is 37.1 Å². The Morgan fingerprint density at radius 2 is 1.83 bits per heavy atom. The molecule has 5 nitrogen and oxygen atoms in total. The van der Waals surface area contributed by atoms with Crippen LogP contribution < -0.4 is 9.62 Å². The second-order valence-electron chi connectivity index (χ2n) is 4.54. The van der Waals surface area contributed by atoms with E-state index in [0.29, 0.717) is 11.4 Å². The lowest BCUT2D eigenvalue weighted by atomic mass is 10.2. The topological polar surface area (TPSA) is 66.5 Å². The summed E-state index contributed by atoms with van der Waals surface area (Å²) in [5.74, 6) is 0.197. The van der Waals surface area contributed by atoms with Crippen LogP contribution in [0.25, 0.3) is 0 Å². The zero-order valence-electron chi connectivity index (χ0n) is 10.4. The number of amides is 1. The van der Waals surface area contributed by atoms with Crippen LogP contribution >= 0.6 is 0 Å². The smallest absolute Gasteiger partial charge is 0.231 e. The number of hydrogen-bond acceptors (Lipinski definition) is 3. The highest BCUT2D eigenvalue weighted by Gasteiger charge is 2.29. The predicted molar refractivity (Wildman–Crippen MR) is 71.0 cm³/mol. The van der Waals surface area contributed by atoms with Gasteiger partial charge in [0, 0.05) is 18.7 Å². The maximum absolute atomic E-state index is 11.5. The molecule has 0 unspecified atom stereocenters. The molecule has 1 aliphatic carbocycles. The second kappa shape index (κ2) is 4.61. The molecule has 1 aromatic rings. The number of hydrogen-bond donors (Lipinski definition) is 1. The number of rotatable bonds is 4. The maximum atomic E-state index is 11.5. The van der Waals surface area contributed by atoms with E-state index in [2.05, 4.69) is 5.32 Å². The predicted octanol–water partition coefficient (Wildman–Crippen LogP) is 1.43. The largest absolute Gasteiger partial charge is 0.326 e. The molecule has 0 bridgehead atoms. The quantitative estimate of drug-likeness (QED) is 0.898. The van der Waals surface area contributed by atoms with Gasteiger partial charge in [0.1, 0.15) is 0 Å². The molecule has 0 radical (unpaired) electrons. The SMILES string of the molecule is CN(c1ccc(NC(=O)C2CC2)cc1)S(C)(=O)=O. The monoisotopic (exact) mass is 268 g/mol. The molecule has 0 spiro atoms. The Kier molecular flexibility index (Phi) is 3.30. The lowest BCUT2D eigenvalue weighted by Gasteiger charge is -2.16. The van der Waals surface area contributed by atoms with Gasteiger partial charge in [-0.15, -0.1) is 0 Å². The first-order valence-corrected chi connectivity index (χ1v) is 7.57. The molecule has 6 heteroatoms. The molecule has 1 saturated carbocycles. The Morgan fingerprint density at radius 3 is 2.28 bits per heavy atom. The van der Waals surface area contributed by atoms with Crippen molar-refractivity contribution in [1.29, 1.82) is 0 Å². The van der Waals surface area contributed by atoms with E-state index in [-0.39, 0.29) is 11.8 Å². The van der Waals surface area contributed by atoms with Crippen molar-refractivity contribution in [3.8, 4) is 0 Å². The highest BCUT2D eigenvalue weighted by Crippen LogP contribution is 2.30. The van der Waals surface area contributed by atoms with Crippen molar-refractivity contribution in [3.05, 3.63) is 24.3 Å². The molecule has 18 heavy (non-hydrogen) atoms. The van der Waals surface area contributed by atoms with Gasteiger partial charge in [-0.3, -0.25) is 9.10 Å². The van der Waals surface area contributed by atoms with Crippen LogP contribution in [0.2, 0.25) is 0 Å². The van der Waals surface area contributed by atoms with Crippen LogP contribution in [0.3, 0.4) is 0 Å². The number of carbonyl (C=O) groups excluding carboxylic acids is 1. The summed E-state index contributed by atoms with van der Waals surface area (Å²) in [5.41, 5.74) is 1.26. The van der Waals surface area contributed by atoms with Crippen LogP contribution in [-0.2, 0) is 14.8 Å². The molecule has 1 amide bonds. The molecular formula is C12H16N2O3S. The summed E-state index contributed by atoms with van der Waals surface area (Å²) in [4.78, 5) is 11.5. The van der Waals surface area contributed by atoms with Crippen LogP contribution in [0.5, 0.6) is 0 Å². The summed E-state index contributed by atoms with van der Waals surface area (Å²) in [6, 6.07) is 6.75. The Labute approximate surface area is 107 Å². The van der Waals surface area contributed by atoms with Crippen LogP contribution in [-0.4, -0.2) is 27.6 Å². The zero-order valence-corrected chi connectivity index (χ0v) is 11.2. The third kappa shape index (κ3) is 3.01. The van der Waals surface area contributed by atoms with Gasteiger partial charge < -0.3 is 5.32 Å². The number of sulfonamides is 1. The van der Waals surface area contributed by atoms with Crippen LogP contribution in [0.15, 0.2) is 24.3 Å². The number of anilines is 2. The average molecular weight is 268 g/mol. The van der Waals surface area contributed by atoms with Crippen molar-refractivity contribution in [2.24, 2.45) is 5.92 Å². The number of nitrogens with one attached hydrogen (secondary N) is 1. The summed E-state index contributed by atoms with van der Waals surface area (Å²) >= 11 is 0. The van der Waals surface area contributed by atoms with Crippen molar-refractivity contribution in [2.75, 3.05) is 22.9 Å². The van der Waals surface area contributed by atoms with Crippen LogP contribution in [0.1, 0.15) is 12.8 Å². The molecule has 0 heterocycles. The first-order valence-electron chi connectivity index (χ1n) is 5.73. The highest BCUT2D eigenvalue weighted by molar-refractivity contribution is 7.92. The van der Waals surface area contributed by atoms with E-state index in [1.165, 1.54) is 11.4 Å². The summed E-state index contributed by atoms with van der Waals surface area (Å²) < 4.78 is 23.9. The van der Waals surface area contributed by atoms with E-state index < -0.39 is 10.0 Å². The molecule has 0 aromatic heterocycles. The lowest BCUT2D eigenvalue weighted by molar-refractivity contribution is -0.117. The Hall–Kier alpha value is -1.56. The van der Waals surface area contributed by atoms with Crippen molar-refractivity contribution in [2.45, 2.75) is 12.8 Å². The fraction of sp³-hybridized carbons (Fsp3) is 0.417. The minimum Gasteiger partial charge on any atom is -0.326 e. The third-order valence-corrected chi connectivity index (χ3v) is 4.15. The molecule has 1 N–H and O–H groups in total. The molecule has 1 fully saturated rings. The van der Waals surface area contributed by atoms with E-state index in [1.54, 1.807) is 24.3 Å². The van der Waals surface area contributed by atoms with Gasteiger partial charge in [0.25, 0.3) is 0 Å². The highest BCUT2D eigenvalue weighted by atomic mass is 32.2. The number of nitrogens with zero attached hydrogens (tertiary/aromatic N) is 1. The second-order valence-corrected chi connectivity index (χ2v) is 6.55. The molecule has 0 atom stereocenters. The van der Waals surface area contributed by atoms with Gasteiger partial charge in [-0.2, -0.15) is 0 Å². The molecule has 98 valence electrons. The van der Waals surface area contributed by atoms with Crippen LogP contribution in [0, 0.1) is 5.92 Å². The van der Waals surface area contributed by atoms with E-state index in [0.717, 1.165) is 19.1 Å². The van der Waals surface area contributed by atoms with Gasteiger partial charge in [0.15, 0.2) is 0 Å². The van der Waals surface area contributed by atoms with Crippen molar-refractivity contribution in [3.63, 3.8) is 0 Å². The van der Waals surface area contributed by atoms with E-state index >= 15 is 0 Å². The first kappa shape index (κ1) is 12.9. The van der Waals surface area contributed by atoms with Gasteiger partial charge in [0.2, 0.25) is 15.9 Å². The lowest BCUT2D eigenvalue weighted by Crippen LogP contribution is -2.24. The van der Waals surface area contributed by atoms with E-state index in [1.807, 2.05) is 0 Å². The number of carbonyl (C=O) groups is 1. The van der Waals surface area contributed by atoms with Crippen molar-refractivity contribution >= 4 is 27.3 Å². The average Bonchev–Trinajstić information content (AvgIpc) is 3.11. The molecule has 1 aliphatic rings. The molecule has 2 rings (SSSR count). The minimum atomic E-state index is -3.25. The van der Waals surface area contributed by atoms with Gasteiger partial charge in [0.05, 0.1) is 11.9 Å². The Bertz CT molecular complexity index is 547. The van der Waals surface area contributed by atoms with Crippen LogP contribution in [0.4, 0.5) is 11.4 Å². The molecular weight excluding hydrogens is 252 g/mol. The van der Waals surface area contributed by atoms with Gasteiger partial charge in [-0.25, -0.2) is 8.42 Å². The van der Waals surface area contributed by atoms with Gasteiger partial charge in [-0.1, -0.05) is 0 Å². The fourth-order valence-corrected chi connectivity index (χ4v) is 2.04. The normalized spacial score (nSPS) is 15.2. The van der Waals surface area contributed by atoms with Crippen molar-refractivity contribution in [1.82, 2.24) is 0 Å². The Balaban J connectivity index is 2.07. The maximum Gasteiger partial charge on any atom is 0.231 e. The minimum absolute atomic E-state index is 0.0409. The summed E-state index contributed by atoms with van der Waals surface area (Å²) in [5, 5.41) is 2.80. The number of benzene rings is 1. The van der Waals surface area contributed by atoms with Gasteiger partial charge >= 0.3 is 0 Å². The fourth-order valence-electron chi connectivity index (χ4n) is 1.54.